The van der Waals surface area contributed by atoms with E-state index < -0.39 is 0 Å². The first-order valence-electron chi connectivity index (χ1n) is 9.74. The smallest absolute Gasteiger partial charge is 0.189 e. The average Bonchev–Trinajstić information content (AvgIpc) is 3.09. The summed E-state index contributed by atoms with van der Waals surface area (Å²) in [6.45, 7) is 5.58. The standard InChI is InChI=1S/C22H29N3O4/c1-5-28-19-10-16-8-14(2)29-20(16)11-17(19)13-25-22(23)24-12-15-6-7-18(26-3)21(9-15)27-4/h6-7,9-11,14H,5,8,12-13H2,1-4H3,(H3,23,24,25). The van der Waals surface area contributed by atoms with E-state index in [1.807, 2.05) is 31.2 Å². The number of ether oxygens (including phenoxy) is 4. The van der Waals surface area contributed by atoms with Crippen LogP contribution in [-0.4, -0.2) is 32.9 Å². The summed E-state index contributed by atoms with van der Waals surface area (Å²) in [4.78, 5) is 4.42. The van der Waals surface area contributed by atoms with Crippen LogP contribution in [0, 0.1) is 0 Å². The van der Waals surface area contributed by atoms with Crippen molar-refractivity contribution in [1.29, 1.82) is 0 Å². The van der Waals surface area contributed by atoms with Crippen LogP contribution < -0.4 is 30.0 Å². The maximum absolute atomic E-state index is 6.07. The number of hydrogen-bond donors (Lipinski definition) is 2. The molecule has 0 aromatic heterocycles. The molecular formula is C22H29N3O4. The zero-order valence-electron chi connectivity index (χ0n) is 17.5. The number of guanidine groups is 1. The SMILES string of the molecule is CCOc1cc2c(cc1CNC(N)=NCc1ccc(OC)c(OC)c1)OC(C)C2. The van der Waals surface area contributed by atoms with Crippen molar-refractivity contribution in [2.75, 3.05) is 20.8 Å². The largest absolute Gasteiger partial charge is 0.494 e. The molecule has 1 heterocycles. The van der Waals surface area contributed by atoms with Crippen LogP contribution in [0.1, 0.15) is 30.5 Å². The molecule has 7 heteroatoms. The van der Waals surface area contributed by atoms with Gasteiger partial charge in [-0.25, -0.2) is 4.99 Å². The summed E-state index contributed by atoms with van der Waals surface area (Å²) < 4.78 is 22.2. The van der Waals surface area contributed by atoms with Crippen molar-refractivity contribution in [2.24, 2.45) is 10.7 Å². The monoisotopic (exact) mass is 399 g/mol. The van der Waals surface area contributed by atoms with E-state index in [4.69, 9.17) is 24.7 Å². The first kappa shape index (κ1) is 20.6. The molecule has 1 atom stereocenters. The molecule has 2 aromatic carbocycles. The Morgan fingerprint density at radius 3 is 2.69 bits per heavy atom. The summed E-state index contributed by atoms with van der Waals surface area (Å²) in [5, 5.41) is 3.16. The summed E-state index contributed by atoms with van der Waals surface area (Å²) in [7, 11) is 3.22. The maximum Gasteiger partial charge on any atom is 0.189 e. The van der Waals surface area contributed by atoms with Gasteiger partial charge in [0.15, 0.2) is 17.5 Å². The molecule has 7 nitrogen and oxygen atoms in total. The lowest BCUT2D eigenvalue weighted by molar-refractivity contribution is 0.254. The summed E-state index contributed by atoms with van der Waals surface area (Å²) in [6, 6.07) is 9.77. The van der Waals surface area contributed by atoms with E-state index >= 15 is 0 Å². The molecule has 0 bridgehead atoms. The van der Waals surface area contributed by atoms with Crippen molar-refractivity contribution in [3.63, 3.8) is 0 Å². The minimum absolute atomic E-state index is 0.191. The maximum atomic E-state index is 6.07. The Kier molecular flexibility index (Phi) is 6.69. The number of fused-ring (bicyclic) bond motifs is 1. The van der Waals surface area contributed by atoms with Gasteiger partial charge in [0.05, 0.1) is 27.4 Å². The highest BCUT2D eigenvalue weighted by atomic mass is 16.5. The summed E-state index contributed by atoms with van der Waals surface area (Å²) >= 11 is 0. The third-order valence-electron chi connectivity index (χ3n) is 4.72. The van der Waals surface area contributed by atoms with Gasteiger partial charge in [-0.2, -0.15) is 0 Å². The molecule has 2 aromatic rings. The second kappa shape index (κ2) is 9.41. The second-order valence-electron chi connectivity index (χ2n) is 6.88. The van der Waals surface area contributed by atoms with E-state index in [0.717, 1.165) is 29.0 Å². The van der Waals surface area contributed by atoms with Crippen LogP contribution in [0.5, 0.6) is 23.0 Å². The minimum Gasteiger partial charge on any atom is -0.494 e. The molecule has 1 aliphatic rings. The molecule has 1 unspecified atom stereocenters. The van der Waals surface area contributed by atoms with Crippen LogP contribution in [0.3, 0.4) is 0 Å². The van der Waals surface area contributed by atoms with Gasteiger partial charge >= 0.3 is 0 Å². The molecule has 1 aliphatic heterocycles. The van der Waals surface area contributed by atoms with Crippen molar-refractivity contribution in [3.8, 4) is 23.0 Å². The Morgan fingerprint density at radius 1 is 1.17 bits per heavy atom. The van der Waals surface area contributed by atoms with Crippen molar-refractivity contribution in [1.82, 2.24) is 5.32 Å². The van der Waals surface area contributed by atoms with Crippen molar-refractivity contribution in [2.45, 2.75) is 39.5 Å². The first-order chi connectivity index (χ1) is 14.0. The molecule has 0 aliphatic carbocycles. The zero-order chi connectivity index (χ0) is 20.8. The van der Waals surface area contributed by atoms with Crippen LogP contribution in [-0.2, 0) is 19.5 Å². The lowest BCUT2D eigenvalue weighted by Gasteiger charge is -2.14. The Bertz CT molecular complexity index is 883. The molecule has 0 spiro atoms. The van der Waals surface area contributed by atoms with Gasteiger partial charge in [0.1, 0.15) is 17.6 Å². The first-order valence-corrected chi connectivity index (χ1v) is 9.74. The molecule has 156 valence electrons. The number of nitrogens with one attached hydrogen (secondary N) is 1. The van der Waals surface area contributed by atoms with E-state index in [-0.39, 0.29) is 6.10 Å². The van der Waals surface area contributed by atoms with Crippen LogP contribution in [0.25, 0.3) is 0 Å². The molecule has 3 N–H and O–H groups in total. The lowest BCUT2D eigenvalue weighted by atomic mass is 10.1. The number of rotatable bonds is 8. The predicted octanol–water partition coefficient (Wildman–Crippen LogP) is 3.03. The fourth-order valence-corrected chi connectivity index (χ4v) is 3.31. The van der Waals surface area contributed by atoms with Gasteiger partial charge in [0.2, 0.25) is 0 Å². The highest BCUT2D eigenvalue weighted by Gasteiger charge is 2.21. The Hall–Kier alpha value is -3.09. The van der Waals surface area contributed by atoms with Gasteiger partial charge in [-0.05, 0) is 43.7 Å². The Balaban J connectivity index is 1.66. The van der Waals surface area contributed by atoms with Gasteiger partial charge in [-0.1, -0.05) is 6.07 Å². The second-order valence-corrected chi connectivity index (χ2v) is 6.88. The molecule has 0 fully saturated rings. The number of aliphatic imine (C=N–C) groups is 1. The van der Waals surface area contributed by atoms with E-state index in [2.05, 4.69) is 23.3 Å². The van der Waals surface area contributed by atoms with Gasteiger partial charge in [0.25, 0.3) is 0 Å². The number of hydrogen-bond acceptors (Lipinski definition) is 5. The normalized spacial score (nSPS) is 15.4. The van der Waals surface area contributed by atoms with Crippen molar-refractivity contribution in [3.05, 3.63) is 47.0 Å². The molecule has 29 heavy (non-hydrogen) atoms. The third kappa shape index (κ3) is 5.04. The Morgan fingerprint density at radius 2 is 1.97 bits per heavy atom. The number of benzene rings is 2. The van der Waals surface area contributed by atoms with Crippen molar-refractivity contribution < 1.29 is 18.9 Å². The zero-order valence-corrected chi connectivity index (χ0v) is 17.5. The highest BCUT2D eigenvalue weighted by Crippen LogP contribution is 2.35. The van der Waals surface area contributed by atoms with Crippen LogP contribution in [0.2, 0.25) is 0 Å². The van der Waals surface area contributed by atoms with E-state index in [1.54, 1.807) is 14.2 Å². The molecule has 0 saturated carbocycles. The van der Waals surface area contributed by atoms with Gasteiger partial charge < -0.3 is 30.0 Å². The van der Waals surface area contributed by atoms with Gasteiger partial charge in [0, 0.05) is 24.1 Å². The highest BCUT2D eigenvalue weighted by molar-refractivity contribution is 5.78. The average molecular weight is 399 g/mol. The Labute approximate surface area is 171 Å². The van der Waals surface area contributed by atoms with E-state index in [1.165, 1.54) is 5.56 Å². The number of nitrogens with zero attached hydrogens (tertiary/aromatic N) is 1. The lowest BCUT2D eigenvalue weighted by Crippen LogP contribution is -2.31. The third-order valence-corrected chi connectivity index (χ3v) is 4.72. The fourth-order valence-electron chi connectivity index (χ4n) is 3.31. The van der Waals surface area contributed by atoms with Crippen LogP contribution in [0.15, 0.2) is 35.3 Å². The van der Waals surface area contributed by atoms with E-state index in [0.29, 0.717) is 37.2 Å². The summed E-state index contributed by atoms with van der Waals surface area (Å²) in [5.74, 6) is 3.48. The summed E-state index contributed by atoms with van der Waals surface area (Å²) in [6.07, 6.45) is 1.09. The molecule has 0 saturated heterocycles. The minimum atomic E-state index is 0.191. The number of methoxy groups -OCH3 is 2. The topological polar surface area (TPSA) is 87.3 Å². The van der Waals surface area contributed by atoms with E-state index in [9.17, 15) is 0 Å². The van der Waals surface area contributed by atoms with Gasteiger partial charge in [-0.3, -0.25) is 0 Å². The van der Waals surface area contributed by atoms with Crippen LogP contribution in [0.4, 0.5) is 0 Å². The molecule has 3 rings (SSSR count). The molecule has 0 radical (unpaired) electrons. The number of nitrogens with two attached hydrogens (primary N) is 1. The molecular weight excluding hydrogens is 370 g/mol. The quantitative estimate of drug-likeness (QED) is 0.524. The van der Waals surface area contributed by atoms with Gasteiger partial charge in [-0.15, -0.1) is 0 Å². The van der Waals surface area contributed by atoms with Crippen molar-refractivity contribution >= 4 is 5.96 Å². The van der Waals surface area contributed by atoms with Crippen LogP contribution >= 0.6 is 0 Å². The molecule has 0 amide bonds. The summed E-state index contributed by atoms with van der Waals surface area (Å²) in [5.41, 5.74) is 9.21. The predicted molar refractivity (Wildman–Crippen MR) is 113 cm³/mol. The fraction of sp³-hybridized carbons (Fsp3) is 0.409.